The van der Waals surface area contributed by atoms with Gasteiger partial charge in [0.15, 0.2) is 0 Å². The van der Waals surface area contributed by atoms with E-state index in [0.29, 0.717) is 16.6 Å². The van der Waals surface area contributed by atoms with Crippen LogP contribution in [0.5, 0.6) is 5.75 Å². The van der Waals surface area contributed by atoms with E-state index in [2.05, 4.69) is 15.3 Å². The number of methoxy groups -OCH3 is 1. The van der Waals surface area contributed by atoms with Gasteiger partial charge in [0.1, 0.15) is 16.4 Å². The van der Waals surface area contributed by atoms with Crippen molar-refractivity contribution < 1.29 is 4.74 Å². The summed E-state index contributed by atoms with van der Waals surface area (Å²) >= 11 is 7.53. The van der Waals surface area contributed by atoms with Crippen molar-refractivity contribution in [3.05, 3.63) is 34.7 Å². The number of halogens is 1. The number of nitrogen functional groups attached to an aromatic ring is 1. The SMILES string of the molecule is COc1ccc(Cl)cc1Nc1nc(N)nc2sccc12. The molecule has 0 unspecified atom stereocenters. The van der Waals surface area contributed by atoms with Crippen molar-refractivity contribution in [2.75, 3.05) is 18.2 Å². The summed E-state index contributed by atoms with van der Waals surface area (Å²) in [7, 11) is 1.60. The monoisotopic (exact) mass is 306 g/mol. The van der Waals surface area contributed by atoms with E-state index in [-0.39, 0.29) is 5.95 Å². The van der Waals surface area contributed by atoms with Crippen molar-refractivity contribution in [2.45, 2.75) is 0 Å². The van der Waals surface area contributed by atoms with Gasteiger partial charge in [-0.15, -0.1) is 11.3 Å². The summed E-state index contributed by atoms with van der Waals surface area (Å²) in [5.41, 5.74) is 6.45. The van der Waals surface area contributed by atoms with E-state index < -0.39 is 0 Å². The summed E-state index contributed by atoms with van der Waals surface area (Å²) in [6.45, 7) is 0. The summed E-state index contributed by atoms with van der Waals surface area (Å²) in [6.07, 6.45) is 0. The van der Waals surface area contributed by atoms with Crippen LogP contribution >= 0.6 is 22.9 Å². The maximum atomic E-state index is 6.02. The highest BCUT2D eigenvalue weighted by Crippen LogP contribution is 2.33. The molecule has 0 saturated carbocycles. The Morgan fingerprint density at radius 2 is 2.15 bits per heavy atom. The zero-order valence-electron chi connectivity index (χ0n) is 10.6. The molecule has 2 heterocycles. The molecule has 20 heavy (non-hydrogen) atoms. The first-order valence-corrected chi connectivity index (χ1v) is 7.04. The van der Waals surface area contributed by atoms with Gasteiger partial charge in [0, 0.05) is 5.02 Å². The number of benzene rings is 1. The van der Waals surface area contributed by atoms with Gasteiger partial charge in [0.2, 0.25) is 5.95 Å². The van der Waals surface area contributed by atoms with Crippen molar-refractivity contribution in [2.24, 2.45) is 0 Å². The lowest BCUT2D eigenvalue weighted by atomic mass is 10.2. The molecule has 0 aliphatic carbocycles. The van der Waals surface area contributed by atoms with Gasteiger partial charge in [0.25, 0.3) is 0 Å². The highest BCUT2D eigenvalue weighted by atomic mass is 35.5. The molecule has 0 fully saturated rings. The highest BCUT2D eigenvalue weighted by molar-refractivity contribution is 7.16. The third-order valence-corrected chi connectivity index (χ3v) is 3.80. The molecule has 0 atom stereocenters. The summed E-state index contributed by atoms with van der Waals surface area (Å²) in [4.78, 5) is 9.26. The molecule has 3 aromatic rings. The van der Waals surface area contributed by atoms with E-state index in [9.17, 15) is 0 Å². The number of hydrogen-bond acceptors (Lipinski definition) is 6. The molecular weight excluding hydrogens is 296 g/mol. The van der Waals surface area contributed by atoms with Crippen molar-refractivity contribution in [3.8, 4) is 5.75 Å². The van der Waals surface area contributed by atoms with Crippen molar-refractivity contribution in [1.82, 2.24) is 9.97 Å². The third-order valence-electron chi connectivity index (χ3n) is 2.76. The molecule has 3 rings (SSSR count). The predicted octanol–water partition coefficient (Wildman–Crippen LogP) is 3.68. The zero-order valence-corrected chi connectivity index (χ0v) is 12.1. The van der Waals surface area contributed by atoms with Gasteiger partial charge in [-0.05, 0) is 29.6 Å². The average molecular weight is 307 g/mol. The second kappa shape index (κ2) is 5.15. The summed E-state index contributed by atoms with van der Waals surface area (Å²) < 4.78 is 5.30. The minimum Gasteiger partial charge on any atom is -0.495 e. The minimum atomic E-state index is 0.225. The Morgan fingerprint density at radius 1 is 1.30 bits per heavy atom. The van der Waals surface area contributed by atoms with Gasteiger partial charge < -0.3 is 15.8 Å². The molecule has 1 aromatic carbocycles. The minimum absolute atomic E-state index is 0.225. The number of ether oxygens (including phenoxy) is 1. The van der Waals surface area contributed by atoms with Crippen LogP contribution in [0.3, 0.4) is 0 Å². The fraction of sp³-hybridized carbons (Fsp3) is 0.0769. The van der Waals surface area contributed by atoms with Crippen LogP contribution in [-0.2, 0) is 0 Å². The Bertz CT molecular complexity index is 774. The van der Waals surface area contributed by atoms with Crippen LogP contribution in [0.2, 0.25) is 5.02 Å². The molecule has 0 saturated heterocycles. The summed E-state index contributed by atoms with van der Waals surface area (Å²) in [5, 5.41) is 6.66. The first-order valence-electron chi connectivity index (χ1n) is 5.78. The predicted molar refractivity (Wildman–Crippen MR) is 83.1 cm³/mol. The maximum absolute atomic E-state index is 6.02. The van der Waals surface area contributed by atoms with Crippen molar-refractivity contribution in [1.29, 1.82) is 0 Å². The van der Waals surface area contributed by atoms with Crippen LogP contribution < -0.4 is 15.8 Å². The smallest absolute Gasteiger partial charge is 0.223 e. The lowest BCUT2D eigenvalue weighted by molar-refractivity contribution is 0.417. The van der Waals surface area contributed by atoms with E-state index in [4.69, 9.17) is 22.1 Å². The van der Waals surface area contributed by atoms with Crippen LogP contribution in [-0.4, -0.2) is 17.1 Å². The first-order chi connectivity index (χ1) is 9.67. The van der Waals surface area contributed by atoms with Crippen LogP contribution in [0.15, 0.2) is 29.6 Å². The van der Waals surface area contributed by atoms with E-state index in [1.807, 2.05) is 11.4 Å². The highest BCUT2D eigenvalue weighted by Gasteiger charge is 2.10. The summed E-state index contributed by atoms with van der Waals surface area (Å²) in [6, 6.07) is 7.27. The van der Waals surface area contributed by atoms with Crippen molar-refractivity contribution in [3.63, 3.8) is 0 Å². The number of hydrogen-bond donors (Lipinski definition) is 2. The maximum Gasteiger partial charge on any atom is 0.223 e. The molecule has 0 aliphatic heterocycles. The number of aromatic nitrogens is 2. The summed E-state index contributed by atoms with van der Waals surface area (Å²) in [5.74, 6) is 1.53. The van der Waals surface area contributed by atoms with Crippen LogP contribution in [0, 0.1) is 0 Å². The van der Waals surface area contributed by atoms with Crippen LogP contribution in [0.25, 0.3) is 10.2 Å². The Balaban J connectivity index is 2.09. The molecular formula is C13H11ClN4OS. The van der Waals surface area contributed by atoms with E-state index >= 15 is 0 Å². The number of anilines is 3. The molecule has 0 aliphatic rings. The Labute approximate surface area is 124 Å². The molecule has 2 aromatic heterocycles. The molecule has 0 amide bonds. The lowest BCUT2D eigenvalue weighted by Crippen LogP contribution is -2.01. The second-order valence-electron chi connectivity index (χ2n) is 4.04. The third kappa shape index (κ3) is 2.35. The quantitative estimate of drug-likeness (QED) is 0.772. The van der Waals surface area contributed by atoms with E-state index in [0.717, 1.165) is 15.9 Å². The topological polar surface area (TPSA) is 73.1 Å². The van der Waals surface area contributed by atoms with Gasteiger partial charge in [-0.3, -0.25) is 0 Å². The van der Waals surface area contributed by atoms with Gasteiger partial charge >= 0.3 is 0 Å². The van der Waals surface area contributed by atoms with Gasteiger partial charge in [-0.2, -0.15) is 4.98 Å². The van der Waals surface area contributed by atoms with Crippen molar-refractivity contribution >= 4 is 50.6 Å². The number of thiophene rings is 1. The number of nitrogens with zero attached hydrogens (tertiary/aromatic N) is 2. The number of nitrogens with one attached hydrogen (secondary N) is 1. The Kier molecular flexibility index (Phi) is 3.33. The molecule has 0 bridgehead atoms. The van der Waals surface area contributed by atoms with E-state index in [1.165, 1.54) is 11.3 Å². The lowest BCUT2D eigenvalue weighted by Gasteiger charge is -2.11. The Hall–Kier alpha value is -2.05. The number of rotatable bonds is 3. The molecule has 7 heteroatoms. The second-order valence-corrected chi connectivity index (χ2v) is 5.37. The number of fused-ring (bicyclic) bond motifs is 1. The van der Waals surface area contributed by atoms with Crippen LogP contribution in [0.4, 0.5) is 17.5 Å². The van der Waals surface area contributed by atoms with Gasteiger partial charge in [-0.1, -0.05) is 11.6 Å². The normalized spacial score (nSPS) is 10.7. The number of nitrogens with two attached hydrogens (primary N) is 1. The Morgan fingerprint density at radius 3 is 2.95 bits per heavy atom. The first kappa shape index (κ1) is 13.0. The molecule has 5 nitrogen and oxygen atoms in total. The van der Waals surface area contributed by atoms with E-state index in [1.54, 1.807) is 25.3 Å². The molecule has 0 radical (unpaired) electrons. The largest absolute Gasteiger partial charge is 0.495 e. The fourth-order valence-electron chi connectivity index (χ4n) is 1.87. The standard InChI is InChI=1S/C13H11ClN4OS/c1-19-10-3-2-7(14)6-9(10)16-11-8-4-5-20-12(8)18-13(15)17-11/h2-6H,1H3,(H3,15,16,17,18). The fourth-order valence-corrected chi connectivity index (χ4v) is 2.82. The average Bonchev–Trinajstić information content (AvgIpc) is 2.87. The molecule has 102 valence electrons. The zero-order chi connectivity index (χ0) is 14.1. The van der Waals surface area contributed by atoms with Crippen LogP contribution in [0.1, 0.15) is 0 Å². The van der Waals surface area contributed by atoms with Gasteiger partial charge in [-0.25, -0.2) is 4.98 Å². The molecule has 0 spiro atoms. The van der Waals surface area contributed by atoms with Gasteiger partial charge in [0.05, 0.1) is 18.2 Å². The molecule has 3 N–H and O–H groups in total.